The molecule has 1 aromatic rings. The Morgan fingerprint density at radius 2 is 2.18 bits per heavy atom. The summed E-state index contributed by atoms with van der Waals surface area (Å²) in [5.74, 6) is -0.573. The maximum atomic E-state index is 12.2. The summed E-state index contributed by atoms with van der Waals surface area (Å²) in [6, 6.07) is 4.73. The molecule has 0 atom stereocenters. The number of amides is 1. The van der Waals surface area contributed by atoms with E-state index in [1.807, 2.05) is 0 Å². The fourth-order valence-electron chi connectivity index (χ4n) is 2.09. The van der Waals surface area contributed by atoms with Crippen LogP contribution in [-0.4, -0.2) is 46.5 Å². The van der Waals surface area contributed by atoms with Crippen LogP contribution in [0.3, 0.4) is 0 Å². The molecule has 116 valence electrons. The Kier molecular flexibility index (Phi) is 4.45. The van der Waals surface area contributed by atoms with E-state index in [4.69, 9.17) is 9.84 Å². The van der Waals surface area contributed by atoms with Gasteiger partial charge in [-0.05, 0) is 30.7 Å². The topological polar surface area (TPSA) is 99.4 Å². The normalized spacial score (nSPS) is 16.1. The van der Waals surface area contributed by atoms with Crippen molar-refractivity contribution >= 4 is 23.8 Å². The quantitative estimate of drug-likeness (QED) is 0.803. The molecule has 7 nitrogen and oxygen atoms in total. The SMILES string of the molecule is COc1ccc(/C=C2/N=C(C)N(CCC(=O)O)C2=O)cc1O. The van der Waals surface area contributed by atoms with Gasteiger partial charge in [0.25, 0.3) is 5.91 Å². The van der Waals surface area contributed by atoms with Crippen molar-refractivity contribution in [2.75, 3.05) is 13.7 Å². The van der Waals surface area contributed by atoms with Crippen molar-refractivity contribution in [3.63, 3.8) is 0 Å². The van der Waals surface area contributed by atoms with Gasteiger partial charge in [-0.2, -0.15) is 0 Å². The number of benzene rings is 1. The fraction of sp³-hybridized carbons (Fsp3) is 0.267. The number of carbonyl (C=O) groups is 2. The number of rotatable bonds is 5. The van der Waals surface area contributed by atoms with Gasteiger partial charge >= 0.3 is 5.97 Å². The Hall–Kier alpha value is -2.83. The number of aromatic hydroxyl groups is 1. The summed E-state index contributed by atoms with van der Waals surface area (Å²) in [5.41, 5.74) is 0.797. The Morgan fingerprint density at radius 1 is 1.45 bits per heavy atom. The summed E-state index contributed by atoms with van der Waals surface area (Å²) in [4.78, 5) is 28.3. The van der Waals surface area contributed by atoms with Crippen LogP contribution >= 0.6 is 0 Å². The summed E-state index contributed by atoms with van der Waals surface area (Å²) in [7, 11) is 1.45. The van der Waals surface area contributed by atoms with Crippen molar-refractivity contribution < 1.29 is 24.5 Å². The standard InChI is InChI=1S/C15H16N2O5/c1-9-16-11(15(21)17(9)6-5-14(19)20)7-10-3-4-13(22-2)12(18)8-10/h3-4,7-8,18H,5-6H2,1-2H3,(H,19,20)/b11-7+. The molecule has 22 heavy (non-hydrogen) atoms. The third kappa shape index (κ3) is 3.25. The first-order valence-corrected chi connectivity index (χ1v) is 6.60. The summed E-state index contributed by atoms with van der Waals surface area (Å²) in [6.45, 7) is 1.72. The number of carboxylic acids is 1. The van der Waals surface area contributed by atoms with Gasteiger partial charge in [0.15, 0.2) is 11.5 Å². The molecular weight excluding hydrogens is 288 g/mol. The van der Waals surface area contributed by atoms with E-state index in [1.54, 1.807) is 19.1 Å². The number of nitrogens with zero attached hydrogens (tertiary/aromatic N) is 2. The molecule has 1 aliphatic rings. The van der Waals surface area contributed by atoms with Crippen LogP contribution in [0.15, 0.2) is 28.9 Å². The molecular formula is C15H16N2O5. The van der Waals surface area contributed by atoms with Crippen molar-refractivity contribution in [2.45, 2.75) is 13.3 Å². The number of ether oxygens (including phenoxy) is 1. The smallest absolute Gasteiger partial charge is 0.305 e. The molecule has 0 spiro atoms. The van der Waals surface area contributed by atoms with E-state index >= 15 is 0 Å². The van der Waals surface area contributed by atoms with Crippen molar-refractivity contribution in [3.05, 3.63) is 29.5 Å². The van der Waals surface area contributed by atoms with E-state index in [9.17, 15) is 14.7 Å². The lowest BCUT2D eigenvalue weighted by molar-refractivity contribution is -0.137. The second kappa shape index (κ2) is 6.30. The third-order valence-corrected chi connectivity index (χ3v) is 3.19. The Morgan fingerprint density at radius 3 is 2.77 bits per heavy atom. The molecule has 0 unspecified atom stereocenters. The molecule has 0 aromatic heterocycles. The van der Waals surface area contributed by atoms with Crippen LogP contribution in [0, 0.1) is 0 Å². The molecule has 0 radical (unpaired) electrons. The molecule has 1 heterocycles. The number of hydrogen-bond donors (Lipinski definition) is 2. The molecule has 0 bridgehead atoms. The van der Waals surface area contributed by atoms with Crippen molar-refractivity contribution in [1.29, 1.82) is 0 Å². The minimum absolute atomic E-state index is 0.0364. The van der Waals surface area contributed by atoms with Crippen molar-refractivity contribution in [3.8, 4) is 11.5 Å². The predicted molar refractivity (Wildman–Crippen MR) is 79.7 cm³/mol. The molecule has 0 saturated carbocycles. The van der Waals surface area contributed by atoms with Crippen LogP contribution in [0.1, 0.15) is 18.9 Å². The van der Waals surface area contributed by atoms with E-state index in [1.165, 1.54) is 24.2 Å². The predicted octanol–water partition coefficient (Wildman–Crippen LogP) is 1.48. The Bertz CT molecular complexity index is 679. The molecule has 1 aromatic carbocycles. The second-order valence-electron chi connectivity index (χ2n) is 4.72. The number of aliphatic carboxylic acids is 1. The largest absolute Gasteiger partial charge is 0.504 e. The molecule has 0 fully saturated rings. The van der Waals surface area contributed by atoms with Crippen LogP contribution in [0.5, 0.6) is 11.5 Å². The van der Waals surface area contributed by atoms with E-state index < -0.39 is 5.97 Å². The molecule has 2 N–H and O–H groups in total. The van der Waals surface area contributed by atoms with Gasteiger partial charge in [0.2, 0.25) is 0 Å². The van der Waals surface area contributed by atoms with E-state index in [-0.39, 0.29) is 30.3 Å². The molecule has 1 amide bonds. The van der Waals surface area contributed by atoms with E-state index in [0.29, 0.717) is 17.1 Å². The van der Waals surface area contributed by atoms with E-state index in [2.05, 4.69) is 4.99 Å². The zero-order valence-corrected chi connectivity index (χ0v) is 12.2. The number of methoxy groups -OCH3 is 1. The van der Waals surface area contributed by atoms with Gasteiger partial charge in [-0.15, -0.1) is 0 Å². The van der Waals surface area contributed by atoms with Gasteiger partial charge < -0.3 is 14.9 Å². The van der Waals surface area contributed by atoms with Crippen molar-refractivity contribution in [2.24, 2.45) is 4.99 Å². The summed E-state index contributed by atoms with van der Waals surface area (Å²) in [6.07, 6.45) is 1.39. The Balaban J connectivity index is 2.21. The van der Waals surface area contributed by atoms with Gasteiger partial charge in [0.05, 0.1) is 13.5 Å². The molecule has 7 heteroatoms. The van der Waals surface area contributed by atoms with Crippen LogP contribution in [0.25, 0.3) is 6.08 Å². The molecule has 2 rings (SSSR count). The van der Waals surface area contributed by atoms with Crippen LogP contribution in [0.4, 0.5) is 0 Å². The first-order valence-electron chi connectivity index (χ1n) is 6.60. The highest BCUT2D eigenvalue weighted by Crippen LogP contribution is 2.28. The lowest BCUT2D eigenvalue weighted by atomic mass is 10.1. The summed E-state index contributed by atoms with van der Waals surface area (Å²) in [5, 5.41) is 18.4. The van der Waals surface area contributed by atoms with Crippen molar-refractivity contribution in [1.82, 2.24) is 4.90 Å². The number of phenols is 1. The van der Waals surface area contributed by atoms with E-state index in [0.717, 1.165) is 0 Å². The fourth-order valence-corrected chi connectivity index (χ4v) is 2.09. The molecule has 1 aliphatic heterocycles. The average molecular weight is 304 g/mol. The van der Waals surface area contributed by atoms with Gasteiger partial charge in [-0.3, -0.25) is 14.5 Å². The number of carboxylic acid groups (broad SMARTS) is 1. The van der Waals surface area contributed by atoms with Gasteiger partial charge in [0.1, 0.15) is 11.5 Å². The van der Waals surface area contributed by atoms with Gasteiger partial charge in [0, 0.05) is 6.54 Å². The number of aliphatic imine (C=N–C) groups is 1. The monoisotopic (exact) mass is 304 g/mol. The summed E-state index contributed by atoms with van der Waals surface area (Å²) < 4.78 is 4.95. The zero-order chi connectivity index (χ0) is 16.3. The highest BCUT2D eigenvalue weighted by atomic mass is 16.5. The van der Waals surface area contributed by atoms with Gasteiger partial charge in [-0.1, -0.05) is 6.07 Å². The molecule has 0 aliphatic carbocycles. The number of amidine groups is 1. The minimum atomic E-state index is -0.974. The summed E-state index contributed by atoms with van der Waals surface area (Å²) >= 11 is 0. The number of phenolic OH excluding ortho intramolecular Hbond substituents is 1. The number of carbonyl (C=O) groups excluding carboxylic acids is 1. The average Bonchev–Trinajstić information content (AvgIpc) is 2.71. The maximum absolute atomic E-state index is 12.2. The van der Waals surface area contributed by atoms with Crippen LogP contribution in [-0.2, 0) is 9.59 Å². The van der Waals surface area contributed by atoms with Gasteiger partial charge in [-0.25, -0.2) is 4.99 Å². The molecule has 0 saturated heterocycles. The lowest BCUT2D eigenvalue weighted by Gasteiger charge is -2.13. The minimum Gasteiger partial charge on any atom is -0.504 e. The third-order valence-electron chi connectivity index (χ3n) is 3.19. The first kappa shape index (κ1) is 15.6. The highest BCUT2D eigenvalue weighted by molar-refractivity contribution is 6.13. The Labute approximate surface area is 127 Å². The maximum Gasteiger partial charge on any atom is 0.305 e. The number of hydrogen-bond acceptors (Lipinski definition) is 5. The lowest BCUT2D eigenvalue weighted by Crippen LogP contribution is -2.32. The zero-order valence-electron chi connectivity index (χ0n) is 12.2. The van der Waals surface area contributed by atoms with Crippen LogP contribution < -0.4 is 4.74 Å². The second-order valence-corrected chi connectivity index (χ2v) is 4.72. The highest BCUT2D eigenvalue weighted by Gasteiger charge is 2.27. The first-order chi connectivity index (χ1) is 10.4. The van der Waals surface area contributed by atoms with Crippen LogP contribution in [0.2, 0.25) is 0 Å².